The van der Waals surface area contributed by atoms with E-state index in [1.54, 1.807) is 0 Å². The molecule has 0 spiro atoms. The number of nitriles is 1. The molecule has 0 aliphatic heterocycles. The Morgan fingerprint density at radius 3 is 2.56 bits per heavy atom. The summed E-state index contributed by atoms with van der Waals surface area (Å²) in [7, 11) is 0. The van der Waals surface area contributed by atoms with E-state index in [1.807, 2.05) is 47.8 Å². The number of hydrogen-bond acceptors (Lipinski definition) is 4. The summed E-state index contributed by atoms with van der Waals surface area (Å²) in [6.07, 6.45) is 0. The summed E-state index contributed by atoms with van der Waals surface area (Å²) in [5.41, 5.74) is 0.983. The number of aliphatic hydroxyl groups is 1. The van der Waals surface area contributed by atoms with Gasteiger partial charge in [0.25, 0.3) is 0 Å². The Labute approximate surface area is 110 Å². The smallest absolute Gasteiger partial charge is 0.131 e. The fourth-order valence-electron chi connectivity index (χ4n) is 1.78. The molecule has 1 aromatic heterocycles. The summed E-state index contributed by atoms with van der Waals surface area (Å²) in [5, 5.41) is 23.8. The Balaban J connectivity index is 2.13. The average Bonchev–Trinajstić information content (AvgIpc) is 2.95. The van der Waals surface area contributed by atoms with E-state index in [0.29, 0.717) is 0 Å². The van der Waals surface area contributed by atoms with Gasteiger partial charge >= 0.3 is 0 Å². The molecule has 0 fully saturated rings. The average molecular weight is 258 g/mol. The molecule has 18 heavy (non-hydrogen) atoms. The topological polar surface area (TPSA) is 56.0 Å². The standard InChI is InChI=1S/C14H14N2OS/c15-9-12(14-7-4-8-18-14)16-13(10-17)11-5-2-1-3-6-11/h1-8,12-13,16-17H,10H2/t12-,13+/m1/s1. The molecule has 1 heterocycles. The van der Waals surface area contributed by atoms with Crippen molar-refractivity contribution in [1.29, 1.82) is 5.26 Å². The molecular formula is C14H14N2OS. The third-order valence-corrected chi connectivity index (χ3v) is 3.65. The van der Waals surface area contributed by atoms with Crippen LogP contribution in [0.5, 0.6) is 0 Å². The van der Waals surface area contributed by atoms with Crippen molar-refractivity contribution >= 4 is 11.3 Å². The zero-order chi connectivity index (χ0) is 12.8. The van der Waals surface area contributed by atoms with Gasteiger partial charge in [0.05, 0.1) is 18.7 Å². The summed E-state index contributed by atoms with van der Waals surface area (Å²) >= 11 is 1.54. The van der Waals surface area contributed by atoms with Crippen molar-refractivity contribution in [2.24, 2.45) is 0 Å². The van der Waals surface area contributed by atoms with Gasteiger partial charge in [-0.15, -0.1) is 11.3 Å². The Hall–Kier alpha value is -1.67. The van der Waals surface area contributed by atoms with Crippen LogP contribution in [0.1, 0.15) is 22.5 Å². The minimum Gasteiger partial charge on any atom is -0.394 e. The zero-order valence-electron chi connectivity index (χ0n) is 9.78. The molecule has 0 saturated heterocycles. The van der Waals surface area contributed by atoms with Crippen molar-refractivity contribution in [2.75, 3.05) is 6.61 Å². The van der Waals surface area contributed by atoms with E-state index in [9.17, 15) is 10.4 Å². The highest BCUT2D eigenvalue weighted by atomic mass is 32.1. The molecule has 0 radical (unpaired) electrons. The van der Waals surface area contributed by atoms with Gasteiger partial charge in [0.1, 0.15) is 6.04 Å². The van der Waals surface area contributed by atoms with Gasteiger partial charge in [-0.2, -0.15) is 5.26 Å². The number of benzene rings is 1. The number of aliphatic hydroxyl groups excluding tert-OH is 1. The number of nitrogens with one attached hydrogen (secondary N) is 1. The Morgan fingerprint density at radius 2 is 2.00 bits per heavy atom. The van der Waals surface area contributed by atoms with E-state index >= 15 is 0 Å². The van der Waals surface area contributed by atoms with E-state index in [4.69, 9.17) is 0 Å². The SMILES string of the molecule is N#C[C@@H](N[C@@H](CO)c1ccccc1)c1cccs1. The Bertz CT molecular complexity index is 504. The second kappa shape index (κ2) is 6.31. The highest BCUT2D eigenvalue weighted by Crippen LogP contribution is 2.22. The van der Waals surface area contributed by atoms with Gasteiger partial charge in [-0.25, -0.2) is 0 Å². The maximum absolute atomic E-state index is 9.45. The second-order valence-electron chi connectivity index (χ2n) is 3.89. The van der Waals surface area contributed by atoms with E-state index in [1.165, 1.54) is 11.3 Å². The molecule has 2 rings (SSSR count). The van der Waals surface area contributed by atoms with E-state index < -0.39 is 0 Å². The molecule has 3 nitrogen and oxygen atoms in total. The zero-order valence-corrected chi connectivity index (χ0v) is 10.6. The molecule has 0 amide bonds. The summed E-state index contributed by atoms with van der Waals surface area (Å²) < 4.78 is 0. The van der Waals surface area contributed by atoms with E-state index in [-0.39, 0.29) is 18.7 Å². The Morgan fingerprint density at radius 1 is 1.22 bits per heavy atom. The van der Waals surface area contributed by atoms with Crippen LogP contribution in [0.3, 0.4) is 0 Å². The molecule has 0 unspecified atom stereocenters. The highest BCUT2D eigenvalue weighted by Gasteiger charge is 2.17. The van der Waals surface area contributed by atoms with Crippen LogP contribution < -0.4 is 5.32 Å². The normalized spacial score (nSPS) is 13.8. The van der Waals surface area contributed by atoms with Gasteiger partial charge in [0.15, 0.2) is 0 Å². The van der Waals surface area contributed by atoms with Gasteiger partial charge in [-0.1, -0.05) is 36.4 Å². The van der Waals surface area contributed by atoms with Crippen molar-refractivity contribution in [2.45, 2.75) is 12.1 Å². The lowest BCUT2D eigenvalue weighted by atomic mass is 10.1. The van der Waals surface area contributed by atoms with E-state index in [2.05, 4.69) is 11.4 Å². The lowest BCUT2D eigenvalue weighted by Gasteiger charge is -2.19. The van der Waals surface area contributed by atoms with Crippen molar-refractivity contribution in [3.63, 3.8) is 0 Å². The third kappa shape index (κ3) is 2.96. The fourth-order valence-corrected chi connectivity index (χ4v) is 2.51. The number of hydrogen-bond donors (Lipinski definition) is 2. The molecule has 92 valence electrons. The molecule has 0 saturated carbocycles. The lowest BCUT2D eigenvalue weighted by molar-refractivity contribution is 0.240. The summed E-state index contributed by atoms with van der Waals surface area (Å²) in [5.74, 6) is 0. The monoisotopic (exact) mass is 258 g/mol. The molecule has 0 aliphatic rings. The first-order valence-corrected chi connectivity index (χ1v) is 6.58. The van der Waals surface area contributed by atoms with Gasteiger partial charge in [-0.05, 0) is 17.0 Å². The molecule has 0 bridgehead atoms. The second-order valence-corrected chi connectivity index (χ2v) is 4.87. The van der Waals surface area contributed by atoms with Crippen molar-refractivity contribution in [1.82, 2.24) is 5.32 Å². The van der Waals surface area contributed by atoms with Crippen LogP contribution in [-0.2, 0) is 0 Å². The first-order chi connectivity index (χ1) is 8.85. The lowest BCUT2D eigenvalue weighted by Crippen LogP contribution is -2.27. The summed E-state index contributed by atoms with van der Waals surface area (Å²) in [4.78, 5) is 0.965. The predicted molar refractivity (Wildman–Crippen MR) is 72.1 cm³/mol. The van der Waals surface area contributed by atoms with Crippen LogP contribution in [0.4, 0.5) is 0 Å². The first-order valence-electron chi connectivity index (χ1n) is 5.70. The van der Waals surface area contributed by atoms with Crippen LogP contribution in [-0.4, -0.2) is 11.7 Å². The third-order valence-electron chi connectivity index (χ3n) is 2.71. The molecule has 2 aromatic rings. The maximum atomic E-state index is 9.45. The molecule has 1 aromatic carbocycles. The molecule has 2 atom stereocenters. The summed E-state index contributed by atoms with van der Waals surface area (Å²) in [6.45, 7) is -0.0342. The van der Waals surface area contributed by atoms with Crippen molar-refractivity contribution in [3.05, 3.63) is 58.3 Å². The number of nitrogens with zero attached hydrogens (tertiary/aromatic N) is 1. The van der Waals surface area contributed by atoms with Crippen LogP contribution in [0, 0.1) is 11.3 Å². The van der Waals surface area contributed by atoms with Crippen LogP contribution in [0.25, 0.3) is 0 Å². The molecular weight excluding hydrogens is 244 g/mol. The van der Waals surface area contributed by atoms with Gasteiger partial charge in [0.2, 0.25) is 0 Å². The van der Waals surface area contributed by atoms with Crippen LogP contribution in [0.2, 0.25) is 0 Å². The van der Waals surface area contributed by atoms with Crippen LogP contribution >= 0.6 is 11.3 Å². The largest absolute Gasteiger partial charge is 0.394 e. The number of rotatable bonds is 5. The predicted octanol–water partition coefficient (Wildman–Crippen LogP) is 2.64. The van der Waals surface area contributed by atoms with Gasteiger partial charge < -0.3 is 5.11 Å². The van der Waals surface area contributed by atoms with Crippen LogP contribution in [0.15, 0.2) is 47.8 Å². The van der Waals surface area contributed by atoms with E-state index in [0.717, 1.165) is 10.4 Å². The minimum atomic E-state index is -0.387. The fraction of sp³-hybridized carbons (Fsp3) is 0.214. The molecule has 4 heteroatoms. The molecule has 0 aliphatic carbocycles. The van der Waals surface area contributed by atoms with Crippen molar-refractivity contribution < 1.29 is 5.11 Å². The van der Waals surface area contributed by atoms with Crippen molar-refractivity contribution in [3.8, 4) is 6.07 Å². The number of thiophene rings is 1. The first kappa shape index (κ1) is 12.8. The minimum absolute atomic E-state index is 0.0342. The van der Waals surface area contributed by atoms with Gasteiger partial charge in [-0.3, -0.25) is 5.32 Å². The summed E-state index contributed by atoms with van der Waals surface area (Å²) in [6, 6.07) is 15.1. The van der Waals surface area contributed by atoms with Gasteiger partial charge in [0, 0.05) is 4.88 Å². The maximum Gasteiger partial charge on any atom is 0.131 e. The molecule has 2 N–H and O–H groups in total. The quantitative estimate of drug-likeness (QED) is 0.866. The Kier molecular flexibility index (Phi) is 4.48. The highest BCUT2D eigenvalue weighted by molar-refractivity contribution is 7.10.